The van der Waals surface area contributed by atoms with Gasteiger partial charge in [0.05, 0.1) is 11.2 Å². The van der Waals surface area contributed by atoms with Crippen LogP contribution in [0.15, 0.2) is 0 Å². The summed E-state index contributed by atoms with van der Waals surface area (Å²) in [5, 5.41) is 0. The van der Waals surface area contributed by atoms with Gasteiger partial charge >= 0.3 is 0 Å². The van der Waals surface area contributed by atoms with Crippen LogP contribution in [0.5, 0.6) is 0 Å². The fourth-order valence-electron chi connectivity index (χ4n) is 2.81. The third-order valence-corrected chi connectivity index (χ3v) is 3.28. The van der Waals surface area contributed by atoms with E-state index in [1.807, 2.05) is 0 Å². The third-order valence-electron chi connectivity index (χ3n) is 3.28. The first kappa shape index (κ1) is 12.0. The maximum atomic E-state index is 6.21. The summed E-state index contributed by atoms with van der Waals surface area (Å²) >= 11 is 0. The molecule has 2 N–H and O–H groups in total. The number of ether oxygens (including phenoxy) is 1. The first-order valence-corrected chi connectivity index (χ1v) is 5.74. The molecule has 0 bridgehead atoms. The van der Waals surface area contributed by atoms with Gasteiger partial charge in [-0.1, -0.05) is 13.3 Å². The molecule has 0 aromatic rings. The van der Waals surface area contributed by atoms with E-state index in [1.165, 1.54) is 0 Å². The molecule has 0 spiro atoms. The monoisotopic (exact) mass is 199 g/mol. The second kappa shape index (κ2) is 3.82. The molecule has 0 saturated carbocycles. The highest BCUT2D eigenvalue weighted by molar-refractivity contribution is 4.98. The molecular weight excluding hydrogens is 174 g/mol. The van der Waals surface area contributed by atoms with Crippen LogP contribution in [0.4, 0.5) is 0 Å². The van der Waals surface area contributed by atoms with Gasteiger partial charge in [0.15, 0.2) is 0 Å². The summed E-state index contributed by atoms with van der Waals surface area (Å²) in [6, 6.07) is 0.289. The van der Waals surface area contributed by atoms with E-state index in [0.717, 1.165) is 19.3 Å². The first-order valence-electron chi connectivity index (χ1n) is 5.74. The molecule has 1 heterocycles. The summed E-state index contributed by atoms with van der Waals surface area (Å²) in [6.45, 7) is 10.8. The van der Waals surface area contributed by atoms with Crippen LogP contribution in [-0.2, 0) is 4.74 Å². The smallest absolute Gasteiger partial charge is 0.0677 e. The molecule has 1 fully saturated rings. The Kier molecular flexibility index (Phi) is 3.27. The molecule has 14 heavy (non-hydrogen) atoms. The molecule has 2 atom stereocenters. The van der Waals surface area contributed by atoms with E-state index in [9.17, 15) is 0 Å². The van der Waals surface area contributed by atoms with E-state index < -0.39 is 0 Å². The van der Waals surface area contributed by atoms with Crippen molar-refractivity contribution in [3.05, 3.63) is 0 Å². The highest BCUT2D eigenvalue weighted by atomic mass is 16.5. The molecule has 1 aliphatic heterocycles. The SMILES string of the molecule is CCCC(N)C1CC(C)(C)OC1(C)C. The lowest BCUT2D eigenvalue weighted by molar-refractivity contribution is -0.0767. The molecule has 0 aromatic carbocycles. The lowest BCUT2D eigenvalue weighted by Crippen LogP contribution is -2.40. The second-order valence-corrected chi connectivity index (χ2v) is 5.73. The molecule has 0 aromatic heterocycles. The highest BCUT2D eigenvalue weighted by Gasteiger charge is 2.47. The number of nitrogens with two attached hydrogens (primary N) is 1. The van der Waals surface area contributed by atoms with Crippen molar-refractivity contribution in [2.45, 2.75) is 71.1 Å². The molecule has 2 nitrogen and oxygen atoms in total. The van der Waals surface area contributed by atoms with Gasteiger partial charge in [-0.05, 0) is 40.5 Å². The molecule has 0 aliphatic carbocycles. The molecule has 0 amide bonds. The molecule has 1 saturated heterocycles. The van der Waals surface area contributed by atoms with Crippen LogP contribution in [0.1, 0.15) is 53.9 Å². The fraction of sp³-hybridized carbons (Fsp3) is 1.00. The number of hydrogen-bond donors (Lipinski definition) is 1. The zero-order chi connectivity index (χ0) is 11.0. The van der Waals surface area contributed by atoms with Crippen molar-refractivity contribution in [3.8, 4) is 0 Å². The van der Waals surface area contributed by atoms with Gasteiger partial charge in [-0.25, -0.2) is 0 Å². The minimum absolute atomic E-state index is 0.000468. The van der Waals surface area contributed by atoms with E-state index in [0.29, 0.717) is 5.92 Å². The molecular formula is C12H25NO. The minimum atomic E-state index is -0.0575. The molecule has 2 unspecified atom stereocenters. The van der Waals surface area contributed by atoms with Crippen molar-refractivity contribution >= 4 is 0 Å². The summed E-state index contributed by atoms with van der Waals surface area (Å²) in [4.78, 5) is 0. The number of rotatable bonds is 3. The summed E-state index contributed by atoms with van der Waals surface area (Å²) < 4.78 is 6.04. The van der Waals surface area contributed by atoms with Gasteiger partial charge in [0.2, 0.25) is 0 Å². The topological polar surface area (TPSA) is 35.2 Å². The van der Waals surface area contributed by atoms with Crippen molar-refractivity contribution < 1.29 is 4.74 Å². The van der Waals surface area contributed by atoms with Gasteiger partial charge in [0.25, 0.3) is 0 Å². The number of hydrogen-bond acceptors (Lipinski definition) is 2. The van der Waals surface area contributed by atoms with Gasteiger partial charge in [-0.3, -0.25) is 0 Å². The van der Waals surface area contributed by atoms with Gasteiger partial charge in [-0.15, -0.1) is 0 Å². The fourth-order valence-corrected chi connectivity index (χ4v) is 2.81. The van der Waals surface area contributed by atoms with Crippen LogP contribution >= 0.6 is 0 Å². The molecule has 1 aliphatic rings. The summed E-state index contributed by atoms with van der Waals surface area (Å²) in [7, 11) is 0. The lowest BCUT2D eigenvalue weighted by atomic mass is 9.80. The van der Waals surface area contributed by atoms with Gasteiger partial charge < -0.3 is 10.5 Å². The highest BCUT2D eigenvalue weighted by Crippen LogP contribution is 2.43. The zero-order valence-electron chi connectivity index (χ0n) is 10.3. The van der Waals surface area contributed by atoms with Crippen LogP contribution in [0.25, 0.3) is 0 Å². The van der Waals surface area contributed by atoms with E-state index in [-0.39, 0.29) is 17.2 Å². The van der Waals surface area contributed by atoms with Crippen molar-refractivity contribution in [3.63, 3.8) is 0 Å². The van der Waals surface area contributed by atoms with Crippen LogP contribution < -0.4 is 5.73 Å². The van der Waals surface area contributed by atoms with Crippen LogP contribution in [0.2, 0.25) is 0 Å². The Labute approximate surface area is 88.2 Å². The third kappa shape index (κ3) is 2.48. The Morgan fingerprint density at radius 1 is 1.36 bits per heavy atom. The molecule has 2 heteroatoms. The second-order valence-electron chi connectivity index (χ2n) is 5.73. The summed E-state index contributed by atoms with van der Waals surface area (Å²) in [5.41, 5.74) is 6.15. The quantitative estimate of drug-likeness (QED) is 0.758. The van der Waals surface area contributed by atoms with E-state index in [1.54, 1.807) is 0 Å². The Morgan fingerprint density at radius 2 is 1.93 bits per heavy atom. The van der Waals surface area contributed by atoms with Crippen molar-refractivity contribution in [2.24, 2.45) is 11.7 Å². The van der Waals surface area contributed by atoms with Crippen LogP contribution in [0.3, 0.4) is 0 Å². The predicted molar refractivity (Wildman–Crippen MR) is 60.2 cm³/mol. The van der Waals surface area contributed by atoms with Crippen molar-refractivity contribution in [1.29, 1.82) is 0 Å². The van der Waals surface area contributed by atoms with Crippen LogP contribution in [-0.4, -0.2) is 17.2 Å². The van der Waals surface area contributed by atoms with Crippen molar-refractivity contribution in [2.75, 3.05) is 0 Å². The Morgan fingerprint density at radius 3 is 2.29 bits per heavy atom. The molecule has 0 radical (unpaired) electrons. The standard InChI is InChI=1S/C12H25NO/c1-6-7-10(13)9-8-11(2,3)14-12(9,4)5/h9-10H,6-8,13H2,1-5H3. The first-order chi connectivity index (χ1) is 6.28. The zero-order valence-corrected chi connectivity index (χ0v) is 10.3. The molecule has 1 rings (SSSR count). The summed E-state index contributed by atoms with van der Waals surface area (Å²) in [5.74, 6) is 0.498. The van der Waals surface area contributed by atoms with Crippen molar-refractivity contribution in [1.82, 2.24) is 0 Å². The van der Waals surface area contributed by atoms with E-state index in [2.05, 4.69) is 34.6 Å². The van der Waals surface area contributed by atoms with E-state index in [4.69, 9.17) is 10.5 Å². The predicted octanol–water partition coefficient (Wildman–Crippen LogP) is 2.71. The Bertz CT molecular complexity index is 198. The van der Waals surface area contributed by atoms with Gasteiger partial charge in [0, 0.05) is 12.0 Å². The average molecular weight is 199 g/mol. The Hall–Kier alpha value is -0.0800. The lowest BCUT2D eigenvalue weighted by Gasteiger charge is -2.30. The maximum absolute atomic E-state index is 6.21. The van der Waals surface area contributed by atoms with E-state index >= 15 is 0 Å². The van der Waals surface area contributed by atoms with Gasteiger partial charge in [-0.2, -0.15) is 0 Å². The summed E-state index contributed by atoms with van der Waals surface area (Å²) in [6.07, 6.45) is 3.35. The maximum Gasteiger partial charge on any atom is 0.0677 e. The van der Waals surface area contributed by atoms with Crippen LogP contribution in [0, 0.1) is 5.92 Å². The van der Waals surface area contributed by atoms with Gasteiger partial charge in [0.1, 0.15) is 0 Å². The largest absolute Gasteiger partial charge is 0.369 e. The normalized spacial score (nSPS) is 31.7. The minimum Gasteiger partial charge on any atom is -0.369 e. The average Bonchev–Trinajstić information content (AvgIpc) is 2.19. The Balaban J connectivity index is 2.69. The molecule has 84 valence electrons.